The Morgan fingerprint density at radius 2 is 2.10 bits per heavy atom. The maximum Gasteiger partial charge on any atom is 0.379 e. The van der Waals surface area contributed by atoms with E-state index in [9.17, 15) is 14.9 Å². The molecule has 0 saturated heterocycles. The minimum absolute atomic E-state index is 0.0908. The van der Waals surface area contributed by atoms with Crippen LogP contribution in [-0.2, 0) is 4.79 Å². The van der Waals surface area contributed by atoms with Gasteiger partial charge in [0.2, 0.25) is 16.0 Å². The molecule has 0 saturated carbocycles. The Morgan fingerprint density at radius 3 is 2.74 bits per heavy atom. The third-order valence-electron chi connectivity index (χ3n) is 3.66. The van der Waals surface area contributed by atoms with Gasteiger partial charge in [-0.3, -0.25) is 10.1 Å². The molecular weight excluding hydrogens is 436 g/mol. The SMILES string of the molecule is CC(C)CSc1nsc(NC(=O)C(C#N)=Cc2ccc(OC(=O)c3ccco3)cc2)n1. The van der Waals surface area contributed by atoms with Gasteiger partial charge >= 0.3 is 5.97 Å². The number of rotatable bonds is 8. The first-order valence-corrected chi connectivity index (χ1v) is 11.0. The van der Waals surface area contributed by atoms with Crippen molar-refractivity contribution in [2.75, 3.05) is 11.1 Å². The molecule has 8 nitrogen and oxygen atoms in total. The third-order valence-corrected chi connectivity index (χ3v) is 5.68. The van der Waals surface area contributed by atoms with Gasteiger partial charge < -0.3 is 9.15 Å². The van der Waals surface area contributed by atoms with Crippen LogP contribution in [0.15, 0.2) is 57.8 Å². The Labute approximate surface area is 187 Å². The number of nitrogens with one attached hydrogen (secondary N) is 1. The molecule has 3 rings (SSSR count). The first kappa shape index (κ1) is 22.3. The molecule has 0 aliphatic heterocycles. The molecule has 1 N–H and O–H groups in total. The average molecular weight is 455 g/mol. The summed E-state index contributed by atoms with van der Waals surface area (Å²) >= 11 is 2.58. The van der Waals surface area contributed by atoms with Crippen LogP contribution >= 0.6 is 23.3 Å². The van der Waals surface area contributed by atoms with E-state index in [0.29, 0.717) is 27.5 Å². The van der Waals surface area contributed by atoms with Crippen LogP contribution in [0, 0.1) is 17.2 Å². The summed E-state index contributed by atoms with van der Waals surface area (Å²) in [7, 11) is 0. The maximum atomic E-state index is 12.4. The number of carbonyl (C=O) groups is 2. The van der Waals surface area contributed by atoms with E-state index in [1.807, 2.05) is 6.07 Å². The number of nitriles is 1. The van der Waals surface area contributed by atoms with Crippen LogP contribution in [0.2, 0.25) is 0 Å². The van der Waals surface area contributed by atoms with Crippen molar-refractivity contribution in [3.05, 3.63) is 59.6 Å². The molecule has 158 valence electrons. The van der Waals surface area contributed by atoms with Crippen molar-refractivity contribution in [1.29, 1.82) is 5.26 Å². The van der Waals surface area contributed by atoms with E-state index >= 15 is 0 Å². The van der Waals surface area contributed by atoms with Crippen molar-refractivity contribution in [3.63, 3.8) is 0 Å². The molecule has 0 atom stereocenters. The summed E-state index contributed by atoms with van der Waals surface area (Å²) < 4.78 is 14.4. The fourth-order valence-corrected chi connectivity index (χ4v) is 3.71. The van der Waals surface area contributed by atoms with E-state index in [0.717, 1.165) is 17.3 Å². The number of benzene rings is 1. The zero-order valence-corrected chi connectivity index (χ0v) is 18.3. The molecule has 2 heterocycles. The lowest BCUT2D eigenvalue weighted by Crippen LogP contribution is -2.13. The fourth-order valence-electron chi connectivity index (χ4n) is 2.22. The summed E-state index contributed by atoms with van der Waals surface area (Å²) in [6, 6.07) is 11.3. The Hall–Kier alpha value is -3.42. The fraction of sp³-hybridized carbons (Fsp3) is 0.190. The molecule has 0 unspecified atom stereocenters. The highest BCUT2D eigenvalue weighted by Gasteiger charge is 2.14. The molecule has 31 heavy (non-hydrogen) atoms. The lowest BCUT2D eigenvalue weighted by Gasteiger charge is -2.03. The lowest BCUT2D eigenvalue weighted by molar-refractivity contribution is -0.112. The minimum atomic E-state index is -0.617. The van der Waals surface area contributed by atoms with E-state index in [-0.39, 0.29) is 11.3 Å². The normalized spacial score (nSPS) is 11.2. The van der Waals surface area contributed by atoms with Crippen LogP contribution < -0.4 is 10.1 Å². The predicted molar refractivity (Wildman–Crippen MR) is 118 cm³/mol. The summed E-state index contributed by atoms with van der Waals surface area (Å²) in [5.41, 5.74) is 0.502. The Morgan fingerprint density at radius 1 is 1.32 bits per heavy atom. The van der Waals surface area contributed by atoms with Crippen LogP contribution in [-0.4, -0.2) is 27.0 Å². The van der Waals surface area contributed by atoms with Gasteiger partial charge in [-0.25, -0.2) is 4.79 Å². The molecule has 0 bridgehead atoms. The van der Waals surface area contributed by atoms with Crippen LogP contribution in [0.4, 0.5) is 5.13 Å². The van der Waals surface area contributed by atoms with E-state index in [2.05, 4.69) is 28.5 Å². The molecule has 0 aliphatic carbocycles. The van der Waals surface area contributed by atoms with Crippen molar-refractivity contribution < 1.29 is 18.7 Å². The second kappa shape index (κ2) is 10.6. The number of amides is 1. The van der Waals surface area contributed by atoms with E-state index in [1.54, 1.807) is 30.3 Å². The molecule has 1 amide bonds. The van der Waals surface area contributed by atoms with Crippen LogP contribution in [0.25, 0.3) is 6.08 Å². The number of ether oxygens (including phenoxy) is 1. The summed E-state index contributed by atoms with van der Waals surface area (Å²) in [5, 5.41) is 12.9. The van der Waals surface area contributed by atoms with Gasteiger partial charge in [0.1, 0.15) is 17.4 Å². The van der Waals surface area contributed by atoms with Gasteiger partial charge in [-0.2, -0.15) is 14.6 Å². The molecule has 0 spiro atoms. The summed E-state index contributed by atoms with van der Waals surface area (Å²) in [6.07, 6.45) is 2.81. The number of furan rings is 1. The zero-order chi connectivity index (χ0) is 22.2. The number of nitrogens with zero attached hydrogens (tertiary/aromatic N) is 3. The first-order chi connectivity index (χ1) is 14.9. The molecule has 0 aliphatic rings. The Balaban J connectivity index is 1.62. The zero-order valence-electron chi connectivity index (χ0n) is 16.7. The number of aromatic nitrogens is 2. The van der Waals surface area contributed by atoms with Gasteiger partial charge in [-0.1, -0.05) is 37.7 Å². The van der Waals surface area contributed by atoms with E-state index in [4.69, 9.17) is 9.15 Å². The van der Waals surface area contributed by atoms with Crippen molar-refractivity contribution >= 4 is 46.4 Å². The van der Waals surface area contributed by atoms with Crippen molar-refractivity contribution in [2.45, 2.75) is 19.0 Å². The number of hydrogen-bond acceptors (Lipinski definition) is 9. The number of anilines is 1. The van der Waals surface area contributed by atoms with Crippen LogP contribution in [0.1, 0.15) is 30.0 Å². The Bertz CT molecular complexity index is 1110. The quantitative estimate of drug-likeness (QED) is 0.172. The topological polar surface area (TPSA) is 118 Å². The van der Waals surface area contributed by atoms with Crippen molar-refractivity contribution in [3.8, 4) is 11.8 Å². The maximum absolute atomic E-state index is 12.4. The molecular formula is C21H18N4O4S2. The number of carbonyl (C=O) groups excluding carboxylic acids is 2. The first-order valence-electron chi connectivity index (χ1n) is 9.20. The van der Waals surface area contributed by atoms with Gasteiger partial charge in [0.25, 0.3) is 5.91 Å². The highest BCUT2D eigenvalue weighted by molar-refractivity contribution is 7.99. The van der Waals surface area contributed by atoms with Gasteiger partial charge in [-0.15, -0.1) is 0 Å². The molecule has 0 fully saturated rings. The lowest BCUT2D eigenvalue weighted by atomic mass is 10.1. The predicted octanol–water partition coefficient (Wildman–Crippen LogP) is 4.64. The second-order valence-corrected chi connectivity index (χ2v) is 8.39. The molecule has 2 aromatic heterocycles. The number of esters is 1. The second-order valence-electron chi connectivity index (χ2n) is 6.65. The van der Waals surface area contributed by atoms with Crippen LogP contribution in [0.5, 0.6) is 5.75 Å². The minimum Gasteiger partial charge on any atom is -0.457 e. The van der Waals surface area contributed by atoms with Crippen molar-refractivity contribution in [1.82, 2.24) is 9.36 Å². The molecule has 1 aromatic carbocycles. The average Bonchev–Trinajstić information content (AvgIpc) is 3.44. The molecule has 10 heteroatoms. The monoisotopic (exact) mass is 454 g/mol. The largest absolute Gasteiger partial charge is 0.457 e. The summed E-state index contributed by atoms with van der Waals surface area (Å²) in [4.78, 5) is 28.6. The highest BCUT2D eigenvalue weighted by Crippen LogP contribution is 2.22. The number of hydrogen-bond donors (Lipinski definition) is 1. The highest BCUT2D eigenvalue weighted by atomic mass is 32.2. The summed E-state index contributed by atoms with van der Waals surface area (Å²) in [6.45, 7) is 4.20. The van der Waals surface area contributed by atoms with Gasteiger partial charge in [-0.05, 0) is 41.8 Å². The number of thioether (sulfide) groups is 1. The van der Waals surface area contributed by atoms with Gasteiger partial charge in [0.05, 0.1) is 6.26 Å². The summed E-state index contributed by atoms with van der Waals surface area (Å²) in [5.74, 6) is 0.581. The van der Waals surface area contributed by atoms with Gasteiger partial charge in [0.15, 0.2) is 0 Å². The van der Waals surface area contributed by atoms with E-state index in [1.165, 1.54) is 30.2 Å². The van der Waals surface area contributed by atoms with E-state index < -0.39 is 11.9 Å². The van der Waals surface area contributed by atoms with Crippen LogP contribution in [0.3, 0.4) is 0 Å². The third kappa shape index (κ3) is 6.53. The van der Waals surface area contributed by atoms with Gasteiger partial charge in [0, 0.05) is 17.3 Å². The Kier molecular flexibility index (Phi) is 7.59. The molecule has 0 radical (unpaired) electrons. The molecule has 3 aromatic rings. The van der Waals surface area contributed by atoms with Crippen molar-refractivity contribution in [2.24, 2.45) is 5.92 Å². The standard InChI is InChI=1S/C21H18N4O4S2/c1-13(2)12-30-21-24-20(31-25-21)23-18(26)15(11-22)10-14-5-7-16(8-6-14)29-19(27)17-4-3-9-28-17/h3-10,13H,12H2,1-2H3,(H,23,24,25,26). The smallest absolute Gasteiger partial charge is 0.379 e.